The van der Waals surface area contributed by atoms with Gasteiger partial charge in [-0.1, -0.05) is 0 Å². The van der Waals surface area contributed by atoms with E-state index in [1.165, 1.54) is 19.0 Å². The van der Waals surface area contributed by atoms with Gasteiger partial charge in [0.25, 0.3) is 11.5 Å². The molecule has 2 aliphatic carbocycles. The molecule has 6 nitrogen and oxygen atoms in total. The van der Waals surface area contributed by atoms with E-state index in [2.05, 4.69) is 9.97 Å². The zero-order chi connectivity index (χ0) is 14.6. The number of nitrogens with zero attached hydrogens (tertiary/aromatic N) is 2. The standard InChI is InChI=1S/C15H20N4O2/c16-12-7-19(6-11(12)8-1-2-8)15(21)10-5-17-13(9-3-4-9)18-14(10)20/h5,8-9,11-12H,1-4,6-7,16H2,(H,17,18,20)/t11-,12+/m1/s1. The van der Waals surface area contributed by atoms with Gasteiger partial charge in [0, 0.05) is 31.2 Å². The molecule has 2 heterocycles. The molecule has 1 aromatic heterocycles. The Morgan fingerprint density at radius 1 is 1.29 bits per heavy atom. The molecule has 21 heavy (non-hydrogen) atoms. The SMILES string of the molecule is N[C@H]1CN(C(=O)c2cnc(C3CC3)[nH]c2=O)C[C@@H]1C1CC1. The summed E-state index contributed by atoms with van der Waals surface area (Å²) in [6, 6.07) is 0.0410. The van der Waals surface area contributed by atoms with E-state index in [-0.39, 0.29) is 23.1 Å². The summed E-state index contributed by atoms with van der Waals surface area (Å²) < 4.78 is 0. The Labute approximate surface area is 122 Å². The lowest BCUT2D eigenvalue weighted by Gasteiger charge is -2.15. The number of aromatic nitrogens is 2. The quantitative estimate of drug-likeness (QED) is 0.845. The lowest BCUT2D eigenvalue weighted by molar-refractivity contribution is 0.0782. The van der Waals surface area contributed by atoms with E-state index < -0.39 is 0 Å². The highest BCUT2D eigenvalue weighted by Gasteiger charge is 2.42. The second-order valence-electron chi connectivity index (χ2n) is 6.66. The average molecular weight is 288 g/mol. The summed E-state index contributed by atoms with van der Waals surface area (Å²) in [6.07, 6.45) is 6.02. The third kappa shape index (κ3) is 2.37. The van der Waals surface area contributed by atoms with Crippen LogP contribution in [-0.4, -0.2) is 39.9 Å². The second kappa shape index (κ2) is 4.66. The van der Waals surface area contributed by atoms with Gasteiger partial charge in [-0.2, -0.15) is 0 Å². The summed E-state index contributed by atoms with van der Waals surface area (Å²) in [6.45, 7) is 1.22. The summed E-state index contributed by atoms with van der Waals surface area (Å²) in [5, 5.41) is 0. The number of rotatable bonds is 3. The molecular formula is C15H20N4O2. The van der Waals surface area contributed by atoms with Crippen molar-refractivity contribution >= 4 is 5.91 Å². The third-order valence-electron chi connectivity index (χ3n) is 4.94. The molecule has 1 saturated heterocycles. The highest BCUT2D eigenvalue weighted by molar-refractivity contribution is 5.93. The van der Waals surface area contributed by atoms with E-state index in [0.29, 0.717) is 36.7 Å². The van der Waals surface area contributed by atoms with Crippen molar-refractivity contribution in [3.8, 4) is 0 Å². The first-order valence-electron chi connectivity index (χ1n) is 7.77. The Bertz CT molecular complexity index is 633. The smallest absolute Gasteiger partial charge is 0.263 e. The van der Waals surface area contributed by atoms with Gasteiger partial charge in [-0.05, 0) is 37.5 Å². The molecule has 3 aliphatic rings. The van der Waals surface area contributed by atoms with E-state index in [1.807, 2.05) is 0 Å². The molecule has 0 radical (unpaired) electrons. The maximum Gasteiger partial charge on any atom is 0.263 e. The van der Waals surface area contributed by atoms with E-state index >= 15 is 0 Å². The molecular weight excluding hydrogens is 268 g/mol. The minimum atomic E-state index is -0.319. The maximum atomic E-state index is 12.5. The molecule has 2 saturated carbocycles. The molecule has 1 amide bonds. The molecule has 1 aromatic rings. The van der Waals surface area contributed by atoms with Gasteiger partial charge in [-0.15, -0.1) is 0 Å². The van der Waals surface area contributed by atoms with Crippen LogP contribution in [0.4, 0.5) is 0 Å². The number of nitrogens with one attached hydrogen (secondary N) is 1. The van der Waals surface area contributed by atoms with E-state index in [0.717, 1.165) is 12.8 Å². The van der Waals surface area contributed by atoms with Gasteiger partial charge in [-0.3, -0.25) is 9.59 Å². The fourth-order valence-electron chi connectivity index (χ4n) is 3.34. The summed E-state index contributed by atoms with van der Waals surface area (Å²) in [5.74, 6) is 1.93. The van der Waals surface area contributed by atoms with Crippen LogP contribution in [0.2, 0.25) is 0 Å². The molecule has 2 atom stereocenters. The Hall–Kier alpha value is -1.69. The topological polar surface area (TPSA) is 92.1 Å². The second-order valence-corrected chi connectivity index (χ2v) is 6.66. The Kier molecular flexibility index (Phi) is 2.89. The van der Waals surface area contributed by atoms with E-state index in [9.17, 15) is 9.59 Å². The van der Waals surface area contributed by atoms with Crippen LogP contribution in [0.15, 0.2) is 11.0 Å². The highest BCUT2D eigenvalue weighted by Crippen LogP contribution is 2.41. The minimum Gasteiger partial charge on any atom is -0.337 e. The molecule has 112 valence electrons. The van der Waals surface area contributed by atoms with Gasteiger partial charge >= 0.3 is 0 Å². The van der Waals surface area contributed by atoms with Crippen LogP contribution in [0.3, 0.4) is 0 Å². The number of aromatic amines is 1. The van der Waals surface area contributed by atoms with Crippen LogP contribution in [0.5, 0.6) is 0 Å². The number of hydrogen-bond acceptors (Lipinski definition) is 4. The van der Waals surface area contributed by atoms with Gasteiger partial charge in [0.1, 0.15) is 11.4 Å². The van der Waals surface area contributed by atoms with Crippen molar-refractivity contribution in [2.45, 2.75) is 37.6 Å². The van der Waals surface area contributed by atoms with Crippen molar-refractivity contribution in [3.63, 3.8) is 0 Å². The van der Waals surface area contributed by atoms with Gasteiger partial charge < -0.3 is 15.6 Å². The molecule has 6 heteroatoms. The van der Waals surface area contributed by atoms with Crippen LogP contribution in [-0.2, 0) is 0 Å². The number of carbonyl (C=O) groups is 1. The predicted octanol–water partition coefficient (Wildman–Crippen LogP) is 0.457. The average Bonchev–Trinajstić information content (AvgIpc) is 3.36. The first kappa shape index (κ1) is 13.0. The number of likely N-dealkylation sites (tertiary alicyclic amines) is 1. The highest BCUT2D eigenvalue weighted by atomic mass is 16.2. The van der Waals surface area contributed by atoms with Crippen molar-refractivity contribution in [1.82, 2.24) is 14.9 Å². The van der Waals surface area contributed by atoms with Crippen molar-refractivity contribution < 1.29 is 4.79 Å². The fourth-order valence-corrected chi connectivity index (χ4v) is 3.34. The summed E-state index contributed by atoms with van der Waals surface area (Å²) in [4.78, 5) is 33.3. The first-order valence-corrected chi connectivity index (χ1v) is 7.77. The number of carbonyl (C=O) groups excluding carboxylic acids is 1. The number of H-pyrrole nitrogens is 1. The lowest BCUT2D eigenvalue weighted by Crippen LogP contribution is -2.35. The molecule has 0 bridgehead atoms. The largest absolute Gasteiger partial charge is 0.337 e. The van der Waals surface area contributed by atoms with Gasteiger partial charge in [-0.25, -0.2) is 4.98 Å². The van der Waals surface area contributed by atoms with E-state index in [1.54, 1.807) is 4.90 Å². The van der Waals surface area contributed by atoms with Crippen molar-refractivity contribution in [3.05, 3.63) is 27.9 Å². The normalized spacial score (nSPS) is 28.9. The molecule has 4 rings (SSSR count). The molecule has 0 spiro atoms. The number of nitrogens with two attached hydrogens (primary N) is 1. The first-order chi connectivity index (χ1) is 10.1. The van der Waals surface area contributed by atoms with Crippen molar-refractivity contribution in [2.24, 2.45) is 17.6 Å². The molecule has 0 unspecified atom stereocenters. The van der Waals surface area contributed by atoms with Crippen LogP contribution in [0, 0.1) is 11.8 Å². The summed E-state index contributed by atoms with van der Waals surface area (Å²) >= 11 is 0. The summed E-state index contributed by atoms with van der Waals surface area (Å²) in [7, 11) is 0. The minimum absolute atomic E-state index is 0.0410. The number of amides is 1. The monoisotopic (exact) mass is 288 g/mol. The lowest BCUT2D eigenvalue weighted by atomic mass is 9.99. The molecule has 1 aliphatic heterocycles. The number of hydrogen-bond donors (Lipinski definition) is 2. The maximum absolute atomic E-state index is 12.5. The Morgan fingerprint density at radius 2 is 2.05 bits per heavy atom. The Morgan fingerprint density at radius 3 is 2.67 bits per heavy atom. The van der Waals surface area contributed by atoms with Crippen LogP contribution in [0.1, 0.15) is 47.8 Å². The van der Waals surface area contributed by atoms with Crippen molar-refractivity contribution in [2.75, 3.05) is 13.1 Å². The van der Waals surface area contributed by atoms with Gasteiger partial charge in [0.05, 0.1) is 0 Å². The van der Waals surface area contributed by atoms with Crippen LogP contribution < -0.4 is 11.3 Å². The molecule has 3 fully saturated rings. The molecule has 0 aromatic carbocycles. The summed E-state index contributed by atoms with van der Waals surface area (Å²) in [5.41, 5.74) is 5.96. The van der Waals surface area contributed by atoms with Crippen molar-refractivity contribution in [1.29, 1.82) is 0 Å². The van der Waals surface area contributed by atoms with Crippen LogP contribution in [0.25, 0.3) is 0 Å². The Balaban J connectivity index is 1.53. The zero-order valence-corrected chi connectivity index (χ0v) is 11.9. The fraction of sp³-hybridized carbons (Fsp3) is 0.667. The van der Waals surface area contributed by atoms with Gasteiger partial charge in [0.2, 0.25) is 0 Å². The zero-order valence-electron chi connectivity index (χ0n) is 11.9. The predicted molar refractivity (Wildman–Crippen MR) is 76.9 cm³/mol. The third-order valence-corrected chi connectivity index (χ3v) is 4.94. The van der Waals surface area contributed by atoms with Crippen LogP contribution >= 0.6 is 0 Å². The molecule has 3 N–H and O–H groups in total. The van der Waals surface area contributed by atoms with Gasteiger partial charge in [0.15, 0.2) is 0 Å². The van der Waals surface area contributed by atoms with E-state index in [4.69, 9.17) is 5.73 Å².